The monoisotopic (exact) mass is 518 g/mol. The van der Waals surface area contributed by atoms with E-state index < -0.39 is 21.9 Å². The highest BCUT2D eigenvalue weighted by Gasteiger charge is 2.28. The van der Waals surface area contributed by atoms with Crippen molar-refractivity contribution in [1.29, 1.82) is 0 Å². The number of esters is 1. The van der Waals surface area contributed by atoms with E-state index in [0.29, 0.717) is 16.3 Å². The number of hydrogen-bond donors (Lipinski definition) is 2. The van der Waals surface area contributed by atoms with Crippen LogP contribution < -0.4 is 10.0 Å². The number of sulfonamides is 1. The molecule has 2 aromatic carbocycles. The minimum Gasteiger partial charge on any atom is -0.465 e. The molecule has 0 unspecified atom stereocenters. The molecule has 0 radical (unpaired) electrons. The van der Waals surface area contributed by atoms with Gasteiger partial charge in [0.15, 0.2) is 0 Å². The molecule has 0 aliphatic heterocycles. The summed E-state index contributed by atoms with van der Waals surface area (Å²) < 4.78 is 33.5. The smallest absolute Gasteiger partial charge is 0.341 e. The van der Waals surface area contributed by atoms with Gasteiger partial charge in [-0.2, -0.15) is 0 Å². The molecule has 178 valence electrons. The van der Waals surface area contributed by atoms with Crippen LogP contribution in [0.4, 0.5) is 10.7 Å². The lowest BCUT2D eigenvalue weighted by Crippen LogP contribution is -2.17. The average molecular weight is 519 g/mol. The summed E-state index contributed by atoms with van der Waals surface area (Å²) in [4.78, 5) is 26.2. The van der Waals surface area contributed by atoms with Crippen molar-refractivity contribution < 1.29 is 22.7 Å². The molecule has 1 heterocycles. The Balaban J connectivity index is 1.63. The Morgan fingerprint density at radius 2 is 1.82 bits per heavy atom. The maximum Gasteiger partial charge on any atom is 0.341 e. The van der Waals surface area contributed by atoms with Crippen molar-refractivity contribution in [2.75, 3.05) is 17.1 Å². The maximum atomic E-state index is 13.0. The highest BCUT2D eigenvalue weighted by Crippen LogP contribution is 2.39. The molecule has 0 saturated heterocycles. The van der Waals surface area contributed by atoms with Gasteiger partial charge in [-0.1, -0.05) is 17.7 Å². The second kappa shape index (κ2) is 9.40. The van der Waals surface area contributed by atoms with Crippen LogP contribution in [0.1, 0.15) is 48.7 Å². The van der Waals surface area contributed by atoms with E-state index in [4.69, 9.17) is 16.3 Å². The van der Waals surface area contributed by atoms with Crippen molar-refractivity contribution in [1.82, 2.24) is 0 Å². The molecule has 0 bridgehead atoms. The highest BCUT2D eigenvalue weighted by atomic mass is 35.5. The molecule has 7 nitrogen and oxygen atoms in total. The summed E-state index contributed by atoms with van der Waals surface area (Å²) in [5, 5.41) is 3.14. The topological polar surface area (TPSA) is 102 Å². The number of methoxy groups -OCH3 is 1. The van der Waals surface area contributed by atoms with Gasteiger partial charge in [-0.25, -0.2) is 13.2 Å². The first kappa shape index (κ1) is 24.3. The molecule has 4 rings (SSSR count). The van der Waals surface area contributed by atoms with Crippen molar-refractivity contribution >= 4 is 55.5 Å². The molecule has 1 aliphatic carbocycles. The zero-order valence-electron chi connectivity index (χ0n) is 18.8. The second-order valence-corrected chi connectivity index (χ2v) is 11.2. The normalized spacial score (nSPS) is 12.8. The van der Waals surface area contributed by atoms with Gasteiger partial charge in [0.2, 0.25) is 0 Å². The molecular formula is C24H23ClN2O5S2. The Morgan fingerprint density at radius 3 is 2.53 bits per heavy atom. The lowest BCUT2D eigenvalue weighted by atomic mass is 10.1. The van der Waals surface area contributed by atoms with Gasteiger partial charge in [-0.15, -0.1) is 11.3 Å². The molecule has 1 amide bonds. The zero-order chi connectivity index (χ0) is 24.6. The minimum absolute atomic E-state index is 0.0155. The molecule has 1 aliphatic rings. The van der Waals surface area contributed by atoms with Crippen LogP contribution in [0.5, 0.6) is 0 Å². The summed E-state index contributed by atoms with van der Waals surface area (Å²) in [6.07, 6.45) is 2.54. The number of anilines is 2. The van der Waals surface area contributed by atoms with Crippen molar-refractivity contribution in [3.8, 4) is 0 Å². The molecule has 2 N–H and O–H groups in total. The second-order valence-electron chi connectivity index (χ2n) is 8.06. The third-order valence-corrected chi connectivity index (χ3v) is 8.85. The number of hydrogen-bond acceptors (Lipinski definition) is 6. The van der Waals surface area contributed by atoms with Crippen molar-refractivity contribution in [2.24, 2.45) is 0 Å². The van der Waals surface area contributed by atoms with Gasteiger partial charge in [0, 0.05) is 16.1 Å². The van der Waals surface area contributed by atoms with Gasteiger partial charge in [-0.05, 0) is 80.1 Å². The van der Waals surface area contributed by atoms with Crippen LogP contribution in [0.25, 0.3) is 0 Å². The van der Waals surface area contributed by atoms with Crippen LogP contribution in [-0.4, -0.2) is 27.4 Å². The minimum atomic E-state index is -4.06. The van der Waals surface area contributed by atoms with Crippen LogP contribution in [0, 0.1) is 13.8 Å². The number of thiophene rings is 1. The molecule has 0 spiro atoms. The first-order valence-corrected chi connectivity index (χ1v) is 13.2. The fraction of sp³-hybridized carbons (Fsp3) is 0.250. The van der Waals surface area contributed by atoms with Crippen LogP contribution >= 0.6 is 22.9 Å². The molecule has 0 saturated carbocycles. The number of aryl methyl sites for hydroxylation is 3. The number of amides is 1. The molecule has 0 atom stereocenters. The molecule has 10 heteroatoms. The molecule has 34 heavy (non-hydrogen) atoms. The number of nitrogens with one attached hydrogen (secondary N) is 2. The third-order valence-electron chi connectivity index (χ3n) is 5.78. The van der Waals surface area contributed by atoms with Gasteiger partial charge < -0.3 is 10.1 Å². The van der Waals surface area contributed by atoms with Gasteiger partial charge in [0.1, 0.15) is 9.90 Å². The van der Waals surface area contributed by atoms with Crippen molar-refractivity contribution in [3.63, 3.8) is 0 Å². The van der Waals surface area contributed by atoms with E-state index in [0.717, 1.165) is 40.8 Å². The molecule has 0 fully saturated rings. The Bertz CT molecular complexity index is 1410. The molecular weight excluding hydrogens is 496 g/mol. The summed E-state index contributed by atoms with van der Waals surface area (Å²) in [7, 11) is -2.76. The summed E-state index contributed by atoms with van der Waals surface area (Å²) in [5.74, 6) is -1.06. The average Bonchev–Trinajstić information content (AvgIpc) is 3.36. The van der Waals surface area contributed by atoms with E-state index in [-0.39, 0.29) is 15.5 Å². The fourth-order valence-corrected chi connectivity index (χ4v) is 6.70. The highest BCUT2D eigenvalue weighted by molar-refractivity contribution is 7.92. The van der Waals surface area contributed by atoms with E-state index in [2.05, 4.69) is 10.0 Å². The van der Waals surface area contributed by atoms with Crippen LogP contribution in [0.3, 0.4) is 0 Å². The number of carbonyl (C=O) groups is 2. The number of fused-ring (bicyclic) bond motifs is 1. The number of halogens is 1. The quantitative estimate of drug-likeness (QED) is 0.428. The predicted molar refractivity (Wildman–Crippen MR) is 134 cm³/mol. The van der Waals surface area contributed by atoms with E-state index in [9.17, 15) is 18.0 Å². The van der Waals surface area contributed by atoms with E-state index >= 15 is 0 Å². The van der Waals surface area contributed by atoms with Gasteiger partial charge >= 0.3 is 5.97 Å². The van der Waals surface area contributed by atoms with Crippen LogP contribution in [0.2, 0.25) is 5.02 Å². The van der Waals surface area contributed by atoms with E-state index in [1.165, 1.54) is 36.6 Å². The number of benzene rings is 2. The zero-order valence-corrected chi connectivity index (χ0v) is 21.2. The van der Waals surface area contributed by atoms with E-state index in [1.807, 2.05) is 19.9 Å². The van der Waals surface area contributed by atoms with Gasteiger partial charge in [0.05, 0.1) is 17.7 Å². The Morgan fingerprint density at radius 1 is 1.06 bits per heavy atom. The first-order chi connectivity index (χ1) is 16.1. The number of rotatable bonds is 6. The fourth-order valence-electron chi connectivity index (χ4n) is 3.85. The Kier molecular flexibility index (Phi) is 6.71. The summed E-state index contributed by atoms with van der Waals surface area (Å²) in [6.45, 7) is 3.81. The number of carbonyl (C=O) groups excluding carboxylic acids is 2. The Labute approximate surface area is 207 Å². The summed E-state index contributed by atoms with van der Waals surface area (Å²) in [6, 6.07) is 9.22. The van der Waals surface area contributed by atoms with Gasteiger partial charge in [-0.3, -0.25) is 9.52 Å². The number of ether oxygens (including phenoxy) is 1. The first-order valence-electron chi connectivity index (χ1n) is 10.5. The molecule has 3 aromatic rings. The third kappa shape index (κ3) is 4.68. The Hall–Kier alpha value is -2.88. The maximum absolute atomic E-state index is 13.0. The standard InChI is InChI=1S/C24H23ClN2O5S2/c1-13-7-9-16(11-14(13)2)27-34(30,31)20-12-15(8-10-18(20)25)22(28)26-23-21(24(29)32-3)17-5-4-6-19(17)33-23/h7-12,27H,4-6H2,1-3H3,(H,26,28). The van der Waals surface area contributed by atoms with Crippen LogP contribution in [0.15, 0.2) is 41.3 Å². The van der Waals surface area contributed by atoms with E-state index in [1.54, 1.807) is 12.1 Å². The summed E-state index contributed by atoms with van der Waals surface area (Å²) >= 11 is 7.54. The van der Waals surface area contributed by atoms with Crippen molar-refractivity contribution in [3.05, 3.63) is 74.1 Å². The predicted octanol–water partition coefficient (Wildman–Crippen LogP) is 5.35. The summed E-state index contributed by atoms with van der Waals surface area (Å²) in [5.41, 5.74) is 3.73. The van der Waals surface area contributed by atoms with Gasteiger partial charge in [0.25, 0.3) is 15.9 Å². The SMILES string of the molecule is COC(=O)c1c(NC(=O)c2ccc(Cl)c(S(=O)(=O)Nc3ccc(C)c(C)c3)c2)sc2c1CCC2. The van der Waals surface area contributed by atoms with Crippen molar-refractivity contribution in [2.45, 2.75) is 38.0 Å². The lowest BCUT2D eigenvalue weighted by Gasteiger charge is -2.12. The molecule has 1 aromatic heterocycles. The largest absolute Gasteiger partial charge is 0.465 e. The van der Waals surface area contributed by atoms with Crippen LogP contribution in [-0.2, 0) is 27.6 Å². The lowest BCUT2D eigenvalue weighted by molar-refractivity contribution is 0.0601.